The molecule has 0 saturated heterocycles. The second kappa shape index (κ2) is 9.44. The smallest absolute Gasteiger partial charge is 0.0704 e. The molecular weight excluding hydrogens is 178 g/mol. The largest absolute Gasteiger partial charge is 0.379 e. The summed E-state index contributed by atoms with van der Waals surface area (Å²) in [5.41, 5.74) is 0. The fourth-order valence-corrected chi connectivity index (χ4v) is 1.02. The van der Waals surface area contributed by atoms with Crippen LogP contribution in [0.3, 0.4) is 0 Å². The highest BCUT2D eigenvalue weighted by Crippen LogP contribution is 1.90. The fourth-order valence-electron chi connectivity index (χ4n) is 1.02. The molecule has 14 heavy (non-hydrogen) atoms. The molecule has 1 unspecified atom stereocenters. The van der Waals surface area contributed by atoms with Crippen molar-refractivity contribution in [3.05, 3.63) is 0 Å². The maximum Gasteiger partial charge on any atom is 0.0704 e. The van der Waals surface area contributed by atoms with Gasteiger partial charge in [0.1, 0.15) is 0 Å². The van der Waals surface area contributed by atoms with E-state index < -0.39 is 0 Å². The van der Waals surface area contributed by atoms with Crippen LogP contribution in [0.1, 0.15) is 34.1 Å². The quantitative estimate of drug-likeness (QED) is 0.580. The molecule has 0 aliphatic carbocycles. The lowest BCUT2D eigenvalue weighted by Crippen LogP contribution is -2.32. The Kier molecular flexibility index (Phi) is 9.35. The van der Waals surface area contributed by atoms with Crippen molar-refractivity contribution in [2.75, 3.05) is 26.4 Å². The molecule has 1 N–H and O–H groups in total. The van der Waals surface area contributed by atoms with Gasteiger partial charge in [-0.1, -0.05) is 20.8 Å². The summed E-state index contributed by atoms with van der Waals surface area (Å²) in [5, 5.41) is 3.33. The van der Waals surface area contributed by atoms with Gasteiger partial charge in [0.05, 0.1) is 19.3 Å². The van der Waals surface area contributed by atoms with Crippen molar-refractivity contribution in [1.29, 1.82) is 0 Å². The highest BCUT2D eigenvalue weighted by molar-refractivity contribution is 4.58. The van der Waals surface area contributed by atoms with Crippen LogP contribution in [0, 0.1) is 0 Å². The number of ether oxygens (including phenoxy) is 2. The first-order chi connectivity index (χ1) is 6.66. The number of nitrogens with one attached hydrogen (secondary N) is 1. The van der Waals surface area contributed by atoms with Gasteiger partial charge >= 0.3 is 0 Å². The Hall–Kier alpha value is -0.120. The summed E-state index contributed by atoms with van der Waals surface area (Å²) >= 11 is 0. The third kappa shape index (κ3) is 9.96. The van der Waals surface area contributed by atoms with E-state index in [1.807, 2.05) is 0 Å². The number of hydrogen-bond donors (Lipinski definition) is 1. The molecule has 0 fully saturated rings. The van der Waals surface area contributed by atoms with Crippen molar-refractivity contribution >= 4 is 0 Å². The zero-order valence-corrected chi connectivity index (χ0v) is 10.0. The zero-order valence-electron chi connectivity index (χ0n) is 10.0. The standard InChI is InChI=1S/C11H25NO2/c1-5-6-13-7-8-14-11(4)9-12-10(2)3/h10-12H,5-9H2,1-4H3. The first-order valence-electron chi connectivity index (χ1n) is 5.59. The van der Waals surface area contributed by atoms with E-state index in [2.05, 4.69) is 33.0 Å². The van der Waals surface area contributed by atoms with Crippen LogP contribution >= 0.6 is 0 Å². The van der Waals surface area contributed by atoms with Gasteiger partial charge in [0, 0.05) is 19.2 Å². The molecule has 0 rings (SSSR count). The number of hydrogen-bond acceptors (Lipinski definition) is 3. The highest BCUT2D eigenvalue weighted by atomic mass is 16.5. The van der Waals surface area contributed by atoms with Gasteiger partial charge in [0.25, 0.3) is 0 Å². The molecule has 0 aromatic heterocycles. The summed E-state index contributed by atoms with van der Waals surface area (Å²) in [6.07, 6.45) is 1.34. The lowest BCUT2D eigenvalue weighted by atomic mass is 10.3. The molecule has 86 valence electrons. The summed E-state index contributed by atoms with van der Waals surface area (Å²) in [7, 11) is 0. The van der Waals surface area contributed by atoms with E-state index in [4.69, 9.17) is 9.47 Å². The zero-order chi connectivity index (χ0) is 10.8. The van der Waals surface area contributed by atoms with Gasteiger partial charge in [-0.25, -0.2) is 0 Å². The Balaban J connectivity index is 3.14. The van der Waals surface area contributed by atoms with Crippen molar-refractivity contribution in [2.24, 2.45) is 0 Å². The molecule has 0 aromatic carbocycles. The average molecular weight is 203 g/mol. The van der Waals surface area contributed by atoms with Crippen LogP contribution in [0.5, 0.6) is 0 Å². The van der Waals surface area contributed by atoms with Gasteiger partial charge in [0.2, 0.25) is 0 Å². The van der Waals surface area contributed by atoms with Crippen molar-refractivity contribution in [3.8, 4) is 0 Å². The number of rotatable bonds is 9. The Morgan fingerprint density at radius 2 is 1.79 bits per heavy atom. The van der Waals surface area contributed by atoms with E-state index >= 15 is 0 Å². The third-order valence-corrected chi connectivity index (χ3v) is 1.79. The summed E-state index contributed by atoms with van der Waals surface area (Å²) in [4.78, 5) is 0. The van der Waals surface area contributed by atoms with Gasteiger partial charge in [-0.2, -0.15) is 0 Å². The van der Waals surface area contributed by atoms with E-state index in [0.29, 0.717) is 19.3 Å². The van der Waals surface area contributed by atoms with E-state index in [-0.39, 0.29) is 6.10 Å². The molecule has 0 bridgehead atoms. The summed E-state index contributed by atoms with van der Waals surface area (Å²) in [5.74, 6) is 0. The maximum atomic E-state index is 5.55. The molecule has 0 radical (unpaired) electrons. The molecule has 0 saturated carbocycles. The van der Waals surface area contributed by atoms with Crippen LogP contribution in [0.15, 0.2) is 0 Å². The van der Waals surface area contributed by atoms with Crippen molar-refractivity contribution in [3.63, 3.8) is 0 Å². The van der Waals surface area contributed by atoms with Crippen LogP contribution in [0.2, 0.25) is 0 Å². The summed E-state index contributed by atoms with van der Waals surface area (Å²) in [6.45, 7) is 11.6. The van der Waals surface area contributed by atoms with Gasteiger partial charge in [-0.05, 0) is 13.3 Å². The predicted octanol–water partition coefficient (Wildman–Crippen LogP) is 1.82. The summed E-state index contributed by atoms with van der Waals surface area (Å²) < 4.78 is 10.9. The molecular formula is C11H25NO2. The molecule has 0 aromatic rings. The lowest BCUT2D eigenvalue weighted by molar-refractivity contribution is 0.0123. The van der Waals surface area contributed by atoms with Gasteiger partial charge < -0.3 is 14.8 Å². The molecule has 0 heterocycles. The average Bonchev–Trinajstić information content (AvgIpc) is 2.14. The van der Waals surface area contributed by atoms with Crippen LogP contribution in [0.25, 0.3) is 0 Å². The van der Waals surface area contributed by atoms with Crippen LogP contribution in [-0.2, 0) is 9.47 Å². The van der Waals surface area contributed by atoms with E-state index in [0.717, 1.165) is 19.6 Å². The molecule has 0 amide bonds. The topological polar surface area (TPSA) is 30.5 Å². The minimum Gasteiger partial charge on any atom is -0.379 e. The van der Waals surface area contributed by atoms with Crippen molar-refractivity contribution in [1.82, 2.24) is 5.32 Å². The minimum absolute atomic E-state index is 0.266. The Morgan fingerprint density at radius 3 is 2.36 bits per heavy atom. The molecule has 0 spiro atoms. The first kappa shape index (κ1) is 13.9. The normalized spacial score (nSPS) is 13.5. The predicted molar refractivity (Wildman–Crippen MR) is 59.7 cm³/mol. The van der Waals surface area contributed by atoms with Crippen LogP contribution < -0.4 is 5.32 Å². The van der Waals surface area contributed by atoms with E-state index in [1.165, 1.54) is 0 Å². The Morgan fingerprint density at radius 1 is 1.07 bits per heavy atom. The van der Waals surface area contributed by atoms with Gasteiger partial charge in [-0.15, -0.1) is 0 Å². The van der Waals surface area contributed by atoms with Crippen LogP contribution in [0.4, 0.5) is 0 Å². The molecule has 1 atom stereocenters. The van der Waals surface area contributed by atoms with Gasteiger partial charge in [-0.3, -0.25) is 0 Å². The van der Waals surface area contributed by atoms with E-state index in [1.54, 1.807) is 0 Å². The first-order valence-corrected chi connectivity index (χ1v) is 5.59. The van der Waals surface area contributed by atoms with Crippen molar-refractivity contribution in [2.45, 2.75) is 46.3 Å². The van der Waals surface area contributed by atoms with Crippen LogP contribution in [-0.4, -0.2) is 38.5 Å². The second-order valence-corrected chi connectivity index (χ2v) is 3.86. The fraction of sp³-hybridized carbons (Fsp3) is 1.00. The van der Waals surface area contributed by atoms with Crippen molar-refractivity contribution < 1.29 is 9.47 Å². The Labute approximate surface area is 88.2 Å². The molecule has 0 aliphatic heterocycles. The third-order valence-electron chi connectivity index (χ3n) is 1.79. The van der Waals surface area contributed by atoms with Gasteiger partial charge in [0.15, 0.2) is 0 Å². The summed E-state index contributed by atoms with van der Waals surface area (Å²) in [6, 6.07) is 0.525. The second-order valence-electron chi connectivity index (χ2n) is 3.86. The maximum absolute atomic E-state index is 5.55. The SMILES string of the molecule is CCCOCCOC(C)CNC(C)C. The molecule has 3 heteroatoms. The monoisotopic (exact) mass is 203 g/mol. The Bertz CT molecular complexity index is 118. The minimum atomic E-state index is 0.266. The lowest BCUT2D eigenvalue weighted by Gasteiger charge is -2.15. The highest BCUT2D eigenvalue weighted by Gasteiger charge is 2.02. The molecule has 0 aliphatic rings. The molecule has 3 nitrogen and oxygen atoms in total. The van der Waals surface area contributed by atoms with E-state index in [9.17, 15) is 0 Å².